The molecule has 3 aliphatic heterocycles. The largest absolute Gasteiger partial charge is 0.455 e. The Bertz CT molecular complexity index is 811. The summed E-state index contributed by atoms with van der Waals surface area (Å²) in [5, 5.41) is 21.3. The van der Waals surface area contributed by atoms with Crippen molar-refractivity contribution in [3.8, 4) is 0 Å². The van der Waals surface area contributed by atoms with Crippen LogP contribution in [-0.2, 0) is 23.8 Å². The van der Waals surface area contributed by atoms with Crippen LogP contribution in [0.4, 0.5) is 0 Å². The number of rotatable bonds is 22. The number of unbranched alkanes of at least 4 members (excludes halogenated alkanes) is 10. The second-order valence-corrected chi connectivity index (χ2v) is 13.2. The standard InChI is InChI=1S/C35H60O7/c1-3-4-5-6-7-8-9-10-11-12-19-31(37)33-21-22-34(42-33)32(38)20-14-13-16-28(36)25-30-18-15-17-29(41-30)24-27-23-26(2)40-35(27)39/h23,26,29-34,37-38H,3-22,24-25H2,1-2H3/t26?,29-,30+,31+,32-,33+,34-/m1/s1. The lowest BCUT2D eigenvalue weighted by molar-refractivity contribution is -0.140. The number of cyclic esters (lactones) is 1. The van der Waals surface area contributed by atoms with E-state index in [9.17, 15) is 19.8 Å². The van der Waals surface area contributed by atoms with Gasteiger partial charge in [0.05, 0.1) is 36.6 Å². The molecule has 3 aliphatic rings. The quantitative estimate of drug-likeness (QED) is 0.101. The molecule has 7 atom stereocenters. The molecule has 0 aromatic rings. The second-order valence-electron chi connectivity index (χ2n) is 13.2. The van der Waals surface area contributed by atoms with Crippen LogP contribution < -0.4 is 0 Å². The number of aliphatic hydroxyl groups is 2. The van der Waals surface area contributed by atoms with Gasteiger partial charge in [-0.2, -0.15) is 0 Å². The van der Waals surface area contributed by atoms with E-state index in [0.717, 1.165) is 57.8 Å². The number of aliphatic hydroxyl groups excluding tert-OH is 2. The third-order valence-electron chi connectivity index (χ3n) is 9.33. The first-order chi connectivity index (χ1) is 20.4. The van der Waals surface area contributed by atoms with Gasteiger partial charge in [-0.3, -0.25) is 4.79 Å². The van der Waals surface area contributed by atoms with Crippen molar-refractivity contribution < 1.29 is 34.0 Å². The molecule has 2 saturated heterocycles. The van der Waals surface area contributed by atoms with E-state index in [1.54, 1.807) is 0 Å². The van der Waals surface area contributed by atoms with Crippen molar-refractivity contribution in [3.05, 3.63) is 11.6 Å². The normalized spacial score (nSPS) is 27.6. The lowest BCUT2D eigenvalue weighted by atomic mass is 9.95. The van der Waals surface area contributed by atoms with E-state index >= 15 is 0 Å². The fraction of sp³-hybridized carbons (Fsp3) is 0.886. The Labute approximate surface area is 255 Å². The Balaban J connectivity index is 1.19. The molecular formula is C35H60O7. The van der Waals surface area contributed by atoms with E-state index in [2.05, 4.69) is 6.92 Å². The van der Waals surface area contributed by atoms with Gasteiger partial charge in [0, 0.05) is 24.8 Å². The molecule has 0 aliphatic carbocycles. The lowest BCUT2D eigenvalue weighted by Gasteiger charge is -2.30. The van der Waals surface area contributed by atoms with E-state index in [4.69, 9.17) is 14.2 Å². The van der Waals surface area contributed by atoms with Crippen LogP contribution in [0.15, 0.2) is 11.6 Å². The van der Waals surface area contributed by atoms with Crippen LogP contribution in [0.3, 0.4) is 0 Å². The van der Waals surface area contributed by atoms with Crippen molar-refractivity contribution in [2.24, 2.45) is 0 Å². The Morgan fingerprint density at radius 1 is 0.810 bits per heavy atom. The summed E-state index contributed by atoms with van der Waals surface area (Å²) >= 11 is 0. The average molecular weight is 593 g/mol. The number of ether oxygens (including phenoxy) is 3. The van der Waals surface area contributed by atoms with Crippen LogP contribution >= 0.6 is 0 Å². The number of carbonyl (C=O) groups excluding carboxylic acids is 2. The monoisotopic (exact) mass is 592 g/mol. The summed E-state index contributed by atoms with van der Waals surface area (Å²) in [6, 6.07) is 0. The number of Topliss-reactive ketones (excluding diaryl/α,β-unsaturated/α-hetero) is 1. The predicted octanol–water partition coefficient (Wildman–Crippen LogP) is 7.29. The summed E-state index contributed by atoms with van der Waals surface area (Å²) in [6.45, 7) is 4.11. The summed E-state index contributed by atoms with van der Waals surface area (Å²) in [5.41, 5.74) is 0.694. The zero-order chi connectivity index (χ0) is 30.2. The van der Waals surface area contributed by atoms with Gasteiger partial charge in [-0.25, -0.2) is 4.79 Å². The van der Waals surface area contributed by atoms with Crippen LogP contribution in [0, 0.1) is 0 Å². The summed E-state index contributed by atoms with van der Waals surface area (Å²) in [7, 11) is 0. The van der Waals surface area contributed by atoms with E-state index < -0.39 is 12.2 Å². The minimum Gasteiger partial charge on any atom is -0.455 e. The molecule has 42 heavy (non-hydrogen) atoms. The molecule has 0 aromatic carbocycles. The van der Waals surface area contributed by atoms with Crippen molar-refractivity contribution >= 4 is 11.8 Å². The fourth-order valence-corrected chi connectivity index (χ4v) is 6.81. The Morgan fingerprint density at radius 3 is 1.98 bits per heavy atom. The molecule has 242 valence electrons. The molecule has 2 fully saturated rings. The van der Waals surface area contributed by atoms with Gasteiger partial charge in [0.1, 0.15) is 11.9 Å². The summed E-state index contributed by atoms with van der Waals surface area (Å²) in [5.74, 6) is -0.0407. The summed E-state index contributed by atoms with van der Waals surface area (Å²) in [4.78, 5) is 24.5. The van der Waals surface area contributed by atoms with Gasteiger partial charge in [-0.05, 0) is 64.4 Å². The SMILES string of the molecule is CCCCCCCCCCCC[C@H](O)[C@@H]1CC[C@H]([C@H](O)CCCCC(=O)C[C@@H]2CCC[C@H](CC3=CC(C)OC3=O)O2)O1. The molecule has 0 spiro atoms. The van der Waals surface area contributed by atoms with Gasteiger partial charge in [0.15, 0.2) is 0 Å². The second kappa shape index (κ2) is 19.9. The van der Waals surface area contributed by atoms with Gasteiger partial charge in [0.2, 0.25) is 0 Å². The maximum Gasteiger partial charge on any atom is 0.334 e. The van der Waals surface area contributed by atoms with Crippen LogP contribution in [0.25, 0.3) is 0 Å². The smallest absolute Gasteiger partial charge is 0.334 e. The molecule has 1 unspecified atom stereocenters. The number of ketones is 1. The van der Waals surface area contributed by atoms with Gasteiger partial charge >= 0.3 is 5.97 Å². The van der Waals surface area contributed by atoms with Gasteiger partial charge in [-0.1, -0.05) is 77.6 Å². The maximum absolute atomic E-state index is 12.6. The number of hydrogen-bond acceptors (Lipinski definition) is 7. The minimum absolute atomic E-state index is 0.0283. The van der Waals surface area contributed by atoms with Crippen molar-refractivity contribution in [3.63, 3.8) is 0 Å². The molecule has 0 bridgehead atoms. The maximum atomic E-state index is 12.6. The molecule has 0 amide bonds. The molecule has 0 saturated carbocycles. The third-order valence-corrected chi connectivity index (χ3v) is 9.33. The van der Waals surface area contributed by atoms with Crippen molar-refractivity contribution in [2.75, 3.05) is 0 Å². The van der Waals surface area contributed by atoms with Crippen molar-refractivity contribution in [1.29, 1.82) is 0 Å². The zero-order valence-electron chi connectivity index (χ0n) is 26.6. The third kappa shape index (κ3) is 13.2. The van der Waals surface area contributed by atoms with Crippen LogP contribution in [0.2, 0.25) is 0 Å². The van der Waals surface area contributed by atoms with Gasteiger partial charge in [-0.15, -0.1) is 0 Å². The highest BCUT2D eigenvalue weighted by Crippen LogP contribution is 2.30. The van der Waals surface area contributed by atoms with Gasteiger partial charge < -0.3 is 24.4 Å². The van der Waals surface area contributed by atoms with E-state index in [1.807, 2.05) is 13.0 Å². The molecule has 0 aromatic heterocycles. The zero-order valence-corrected chi connectivity index (χ0v) is 26.6. The van der Waals surface area contributed by atoms with E-state index in [0.29, 0.717) is 31.3 Å². The lowest BCUT2D eigenvalue weighted by Crippen LogP contribution is -2.31. The van der Waals surface area contributed by atoms with E-state index in [-0.39, 0.29) is 42.3 Å². The van der Waals surface area contributed by atoms with Crippen molar-refractivity contribution in [1.82, 2.24) is 0 Å². The molecular weight excluding hydrogens is 532 g/mol. The fourth-order valence-electron chi connectivity index (χ4n) is 6.81. The first-order valence-corrected chi connectivity index (χ1v) is 17.5. The van der Waals surface area contributed by atoms with E-state index in [1.165, 1.54) is 57.8 Å². The predicted molar refractivity (Wildman–Crippen MR) is 165 cm³/mol. The highest BCUT2D eigenvalue weighted by molar-refractivity contribution is 5.90. The summed E-state index contributed by atoms with van der Waals surface area (Å²) in [6.07, 6.45) is 21.9. The molecule has 3 heterocycles. The minimum atomic E-state index is -0.545. The number of esters is 1. The Morgan fingerprint density at radius 2 is 1.38 bits per heavy atom. The first kappa shape index (κ1) is 35.2. The molecule has 7 nitrogen and oxygen atoms in total. The Hall–Kier alpha value is -1.28. The highest BCUT2D eigenvalue weighted by atomic mass is 16.5. The van der Waals surface area contributed by atoms with Crippen LogP contribution in [0.1, 0.15) is 155 Å². The number of hydrogen-bond donors (Lipinski definition) is 2. The van der Waals surface area contributed by atoms with Crippen LogP contribution in [0.5, 0.6) is 0 Å². The number of carbonyl (C=O) groups is 2. The topological polar surface area (TPSA) is 102 Å². The van der Waals surface area contributed by atoms with Crippen LogP contribution in [-0.4, -0.2) is 64.7 Å². The van der Waals surface area contributed by atoms with Crippen molar-refractivity contribution in [2.45, 2.75) is 198 Å². The molecule has 7 heteroatoms. The first-order valence-electron chi connectivity index (χ1n) is 17.5. The molecule has 2 N–H and O–H groups in total. The average Bonchev–Trinajstić information content (AvgIpc) is 3.58. The summed E-state index contributed by atoms with van der Waals surface area (Å²) < 4.78 is 17.4. The highest BCUT2D eigenvalue weighted by Gasteiger charge is 2.34. The Kier molecular flexibility index (Phi) is 16.7. The molecule has 3 rings (SSSR count). The van der Waals surface area contributed by atoms with Gasteiger partial charge in [0.25, 0.3) is 0 Å². The molecule has 0 radical (unpaired) electrons.